The van der Waals surface area contributed by atoms with Gasteiger partial charge in [0.15, 0.2) is 0 Å². The fraction of sp³-hybridized carbons (Fsp3) is 0.267. The van der Waals surface area contributed by atoms with Crippen LogP contribution in [0.2, 0.25) is 0 Å². The van der Waals surface area contributed by atoms with Crippen molar-refractivity contribution in [2.75, 3.05) is 12.3 Å². The predicted octanol–water partition coefficient (Wildman–Crippen LogP) is 2.79. The summed E-state index contributed by atoms with van der Waals surface area (Å²) in [5, 5.41) is 4.94. The average Bonchev–Trinajstić information content (AvgIpc) is 2.90. The van der Waals surface area contributed by atoms with Crippen molar-refractivity contribution in [3.63, 3.8) is 0 Å². The lowest BCUT2D eigenvalue weighted by Crippen LogP contribution is -2.30. The van der Waals surface area contributed by atoms with Crippen LogP contribution in [0.4, 0.5) is 5.69 Å². The zero-order valence-corrected chi connectivity index (χ0v) is 11.7. The van der Waals surface area contributed by atoms with Crippen molar-refractivity contribution in [1.82, 2.24) is 5.32 Å². The zero-order chi connectivity index (χ0) is 13.7. The van der Waals surface area contributed by atoms with Crippen LogP contribution in [0, 0.1) is 0 Å². The summed E-state index contributed by atoms with van der Waals surface area (Å²) < 4.78 is 0. The molecule has 0 fully saturated rings. The summed E-state index contributed by atoms with van der Waals surface area (Å²) >= 11 is 1.68. The number of rotatable bonds is 5. The molecule has 1 unspecified atom stereocenters. The smallest absolute Gasteiger partial charge is 0.227 e. The summed E-state index contributed by atoms with van der Waals surface area (Å²) in [4.78, 5) is 13.4. The van der Waals surface area contributed by atoms with E-state index < -0.39 is 0 Å². The van der Waals surface area contributed by atoms with Crippen LogP contribution in [0.5, 0.6) is 0 Å². The first kappa shape index (κ1) is 13.6. The summed E-state index contributed by atoms with van der Waals surface area (Å²) in [6.07, 6.45) is 0.730. The second kappa shape index (κ2) is 6.38. The fourth-order valence-electron chi connectivity index (χ4n) is 2.02. The molecule has 0 spiro atoms. The minimum atomic E-state index is -0.154. The normalized spacial score (nSPS) is 12.1. The minimum Gasteiger partial charge on any atom is -0.399 e. The van der Waals surface area contributed by atoms with Gasteiger partial charge in [0, 0.05) is 17.1 Å². The van der Waals surface area contributed by atoms with Crippen molar-refractivity contribution < 1.29 is 4.79 Å². The molecule has 4 heteroatoms. The first-order valence-electron chi connectivity index (χ1n) is 6.36. The molecular formula is C15H18N2OS. The molecule has 0 bridgehead atoms. The number of nitrogen functional groups attached to an aromatic ring is 1. The summed E-state index contributed by atoms with van der Waals surface area (Å²) in [6.45, 7) is 2.58. The van der Waals surface area contributed by atoms with Crippen LogP contribution in [0.15, 0.2) is 41.8 Å². The molecule has 3 N–H and O–H groups in total. The first-order chi connectivity index (χ1) is 9.20. The van der Waals surface area contributed by atoms with E-state index in [4.69, 9.17) is 5.73 Å². The fourth-order valence-corrected chi connectivity index (χ4v) is 2.77. The number of benzene rings is 1. The molecule has 0 radical (unpaired) electrons. The molecule has 1 atom stereocenters. The van der Waals surface area contributed by atoms with E-state index >= 15 is 0 Å². The van der Waals surface area contributed by atoms with Crippen molar-refractivity contribution in [2.45, 2.75) is 19.3 Å². The third kappa shape index (κ3) is 3.58. The number of carbonyl (C=O) groups excluding carboxylic acids is 1. The highest BCUT2D eigenvalue weighted by atomic mass is 32.1. The lowest BCUT2D eigenvalue weighted by Gasteiger charge is -2.16. The van der Waals surface area contributed by atoms with E-state index in [0.29, 0.717) is 6.54 Å². The Bertz CT molecular complexity index is 520. The number of thiophene rings is 1. The Hall–Kier alpha value is -1.81. The van der Waals surface area contributed by atoms with E-state index in [1.807, 2.05) is 42.6 Å². The van der Waals surface area contributed by atoms with Gasteiger partial charge >= 0.3 is 0 Å². The Labute approximate surface area is 117 Å². The number of nitrogens with two attached hydrogens (primary N) is 1. The SMILES string of the molecule is CCNC(=O)C(Cc1cccs1)c1ccc(N)cc1. The van der Waals surface area contributed by atoms with E-state index in [-0.39, 0.29) is 11.8 Å². The molecular weight excluding hydrogens is 256 g/mol. The molecule has 0 saturated heterocycles. The van der Waals surface area contributed by atoms with Gasteiger partial charge in [-0.15, -0.1) is 11.3 Å². The second-order valence-corrected chi connectivity index (χ2v) is 5.43. The highest BCUT2D eigenvalue weighted by Gasteiger charge is 2.20. The average molecular weight is 274 g/mol. The molecule has 1 heterocycles. The highest BCUT2D eigenvalue weighted by Crippen LogP contribution is 2.24. The van der Waals surface area contributed by atoms with Gasteiger partial charge in [-0.25, -0.2) is 0 Å². The molecule has 2 rings (SSSR count). The van der Waals surface area contributed by atoms with Gasteiger partial charge < -0.3 is 11.1 Å². The maximum Gasteiger partial charge on any atom is 0.227 e. The molecule has 19 heavy (non-hydrogen) atoms. The maximum absolute atomic E-state index is 12.2. The van der Waals surface area contributed by atoms with Crippen LogP contribution in [0.1, 0.15) is 23.3 Å². The summed E-state index contributed by atoms with van der Waals surface area (Å²) in [7, 11) is 0. The molecule has 0 aliphatic carbocycles. The number of likely N-dealkylation sites (N-methyl/N-ethyl adjacent to an activating group) is 1. The lowest BCUT2D eigenvalue weighted by molar-refractivity contribution is -0.122. The summed E-state index contributed by atoms with van der Waals surface area (Å²) in [6, 6.07) is 11.6. The standard InChI is InChI=1S/C15H18N2OS/c1-2-17-15(18)14(10-13-4-3-9-19-13)11-5-7-12(16)8-6-11/h3-9,14H,2,10,16H2,1H3,(H,17,18). The topological polar surface area (TPSA) is 55.1 Å². The van der Waals surface area contributed by atoms with Gasteiger partial charge in [0.2, 0.25) is 5.91 Å². The van der Waals surface area contributed by atoms with E-state index in [0.717, 1.165) is 17.7 Å². The van der Waals surface area contributed by atoms with Gasteiger partial charge in [0.1, 0.15) is 0 Å². The van der Waals surface area contributed by atoms with Crippen molar-refractivity contribution in [3.05, 3.63) is 52.2 Å². The molecule has 0 saturated carbocycles. The number of anilines is 1. The van der Waals surface area contributed by atoms with Crippen LogP contribution < -0.4 is 11.1 Å². The van der Waals surface area contributed by atoms with Crippen molar-refractivity contribution in [2.24, 2.45) is 0 Å². The number of amides is 1. The van der Waals surface area contributed by atoms with Gasteiger partial charge in [-0.1, -0.05) is 18.2 Å². The van der Waals surface area contributed by atoms with E-state index in [1.54, 1.807) is 11.3 Å². The molecule has 2 aromatic rings. The summed E-state index contributed by atoms with van der Waals surface area (Å²) in [5.41, 5.74) is 7.42. The molecule has 0 aliphatic heterocycles. The minimum absolute atomic E-state index is 0.0701. The third-order valence-electron chi connectivity index (χ3n) is 2.99. The number of hydrogen-bond acceptors (Lipinski definition) is 3. The zero-order valence-electron chi connectivity index (χ0n) is 10.9. The quantitative estimate of drug-likeness (QED) is 0.824. The number of nitrogens with one attached hydrogen (secondary N) is 1. The highest BCUT2D eigenvalue weighted by molar-refractivity contribution is 7.09. The van der Waals surface area contributed by atoms with Gasteiger partial charge in [-0.05, 0) is 42.5 Å². The van der Waals surface area contributed by atoms with Gasteiger partial charge in [-0.3, -0.25) is 4.79 Å². The predicted molar refractivity (Wildman–Crippen MR) is 80.3 cm³/mol. The van der Waals surface area contributed by atoms with Crippen LogP contribution in [0.25, 0.3) is 0 Å². The molecule has 100 valence electrons. The van der Waals surface area contributed by atoms with Gasteiger partial charge in [0.25, 0.3) is 0 Å². The van der Waals surface area contributed by atoms with E-state index in [2.05, 4.69) is 11.4 Å². The lowest BCUT2D eigenvalue weighted by atomic mass is 9.94. The first-order valence-corrected chi connectivity index (χ1v) is 7.24. The van der Waals surface area contributed by atoms with Crippen molar-refractivity contribution in [1.29, 1.82) is 0 Å². The van der Waals surface area contributed by atoms with Gasteiger partial charge in [0.05, 0.1) is 5.92 Å². The third-order valence-corrected chi connectivity index (χ3v) is 3.89. The molecule has 0 aliphatic rings. The number of carbonyl (C=O) groups is 1. The molecule has 3 nitrogen and oxygen atoms in total. The summed E-state index contributed by atoms with van der Waals surface area (Å²) in [5.74, 6) is -0.0835. The van der Waals surface area contributed by atoms with Gasteiger partial charge in [-0.2, -0.15) is 0 Å². The Morgan fingerprint density at radius 3 is 2.63 bits per heavy atom. The Balaban J connectivity index is 2.23. The van der Waals surface area contributed by atoms with E-state index in [1.165, 1.54) is 4.88 Å². The molecule has 1 amide bonds. The largest absolute Gasteiger partial charge is 0.399 e. The van der Waals surface area contributed by atoms with Crippen molar-refractivity contribution in [3.8, 4) is 0 Å². The molecule has 1 aromatic carbocycles. The van der Waals surface area contributed by atoms with Crippen LogP contribution in [0.3, 0.4) is 0 Å². The maximum atomic E-state index is 12.2. The monoisotopic (exact) mass is 274 g/mol. The van der Waals surface area contributed by atoms with Crippen LogP contribution >= 0.6 is 11.3 Å². The van der Waals surface area contributed by atoms with Crippen molar-refractivity contribution >= 4 is 22.9 Å². The Kier molecular flexibility index (Phi) is 4.58. The van der Waals surface area contributed by atoms with E-state index in [9.17, 15) is 4.79 Å². The van der Waals surface area contributed by atoms with Crippen LogP contribution in [-0.2, 0) is 11.2 Å². The van der Waals surface area contributed by atoms with Crippen LogP contribution in [-0.4, -0.2) is 12.5 Å². The Morgan fingerprint density at radius 1 is 1.32 bits per heavy atom. The molecule has 1 aromatic heterocycles. The Morgan fingerprint density at radius 2 is 2.05 bits per heavy atom. The number of hydrogen-bond donors (Lipinski definition) is 2. The second-order valence-electron chi connectivity index (χ2n) is 4.40.